The summed E-state index contributed by atoms with van der Waals surface area (Å²) >= 11 is 0. The van der Waals surface area contributed by atoms with Crippen LogP contribution in [0.3, 0.4) is 0 Å². The monoisotopic (exact) mass is 373 g/mol. The van der Waals surface area contributed by atoms with Crippen LogP contribution in [0.25, 0.3) is 5.57 Å². The molecule has 8 nitrogen and oxygen atoms in total. The van der Waals surface area contributed by atoms with Crippen LogP contribution in [0.1, 0.15) is 18.9 Å². The van der Waals surface area contributed by atoms with Gasteiger partial charge in [-0.1, -0.05) is 18.2 Å². The molecule has 2 heterocycles. The van der Waals surface area contributed by atoms with E-state index in [1.807, 2.05) is 30.3 Å². The molecule has 1 unspecified atom stereocenters. The van der Waals surface area contributed by atoms with Crippen LogP contribution in [0.15, 0.2) is 30.3 Å². The number of hydrogen-bond donors (Lipinski definition) is 1. The third-order valence-electron chi connectivity index (χ3n) is 4.64. The number of carbonyl (C=O) groups excluding carboxylic acids is 3. The van der Waals surface area contributed by atoms with Crippen LogP contribution in [0, 0.1) is 0 Å². The van der Waals surface area contributed by atoms with Gasteiger partial charge in [0.1, 0.15) is 6.10 Å². The van der Waals surface area contributed by atoms with Crippen molar-refractivity contribution in [1.29, 1.82) is 0 Å². The first-order valence-corrected chi connectivity index (χ1v) is 8.83. The number of nitrogens with one attached hydrogen (secondary N) is 1. The number of cyclic esters (lactones) is 1. The van der Waals surface area contributed by atoms with Crippen LogP contribution in [0.4, 0.5) is 15.3 Å². The van der Waals surface area contributed by atoms with Crippen molar-refractivity contribution >= 4 is 29.4 Å². The van der Waals surface area contributed by atoms with Crippen molar-refractivity contribution in [1.82, 2.24) is 10.2 Å². The minimum atomic E-state index is -0.413. The highest BCUT2D eigenvalue weighted by atomic mass is 16.6. The second-order valence-electron chi connectivity index (χ2n) is 6.50. The Morgan fingerprint density at radius 1 is 1.30 bits per heavy atom. The highest BCUT2D eigenvalue weighted by Gasteiger charge is 2.32. The lowest BCUT2D eigenvalue weighted by molar-refractivity contribution is -0.119. The minimum absolute atomic E-state index is 0.152. The Hall–Kier alpha value is -3.03. The highest BCUT2D eigenvalue weighted by molar-refractivity contribution is 5.90. The van der Waals surface area contributed by atoms with E-state index in [2.05, 4.69) is 5.32 Å². The molecule has 1 atom stereocenters. The molecule has 2 aliphatic rings. The van der Waals surface area contributed by atoms with E-state index < -0.39 is 6.09 Å². The maximum Gasteiger partial charge on any atom is 0.414 e. The molecule has 27 heavy (non-hydrogen) atoms. The molecule has 0 bridgehead atoms. The van der Waals surface area contributed by atoms with E-state index in [0.29, 0.717) is 26.2 Å². The lowest BCUT2D eigenvalue weighted by Crippen LogP contribution is -2.34. The molecule has 1 aromatic carbocycles. The molecule has 0 aromatic heterocycles. The number of hydrogen-bond acceptors (Lipinski definition) is 5. The topological polar surface area (TPSA) is 88.2 Å². The number of carbonyl (C=O) groups is 3. The summed E-state index contributed by atoms with van der Waals surface area (Å²) in [5.74, 6) is -0.152. The van der Waals surface area contributed by atoms with Crippen LogP contribution in [-0.4, -0.2) is 62.4 Å². The molecule has 0 radical (unpaired) electrons. The van der Waals surface area contributed by atoms with Gasteiger partial charge in [0.25, 0.3) is 0 Å². The van der Waals surface area contributed by atoms with Crippen LogP contribution in [-0.2, 0) is 14.3 Å². The number of methoxy groups -OCH3 is 1. The molecule has 1 N–H and O–H groups in total. The van der Waals surface area contributed by atoms with E-state index in [1.165, 1.54) is 14.0 Å². The summed E-state index contributed by atoms with van der Waals surface area (Å²) in [5.41, 5.74) is 2.97. The predicted octanol–water partition coefficient (Wildman–Crippen LogP) is 2.00. The average molecular weight is 373 g/mol. The van der Waals surface area contributed by atoms with Gasteiger partial charge >= 0.3 is 12.2 Å². The van der Waals surface area contributed by atoms with E-state index in [-0.39, 0.29) is 18.1 Å². The third-order valence-corrected chi connectivity index (χ3v) is 4.64. The molecule has 3 amide bonds. The van der Waals surface area contributed by atoms with Crippen LogP contribution < -0.4 is 10.2 Å². The number of nitrogens with zero attached hydrogens (tertiary/aromatic N) is 2. The third kappa shape index (κ3) is 4.39. The van der Waals surface area contributed by atoms with Gasteiger partial charge in [0.15, 0.2) is 0 Å². The Labute approximate surface area is 157 Å². The summed E-state index contributed by atoms with van der Waals surface area (Å²) in [6, 6.07) is 7.68. The summed E-state index contributed by atoms with van der Waals surface area (Å²) in [6.45, 7) is 3.27. The van der Waals surface area contributed by atoms with Crippen molar-refractivity contribution in [3.63, 3.8) is 0 Å². The van der Waals surface area contributed by atoms with Crippen molar-refractivity contribution < 1.29 is 23.9 Å². The fourth-order valence-corrected chi connectivity index (χ4v) is 3.18. The molecular formula is C19H23N3O5. The molecule has 0 spiro atoms. The SMILES string of the molecule is COC(=O)N1CC=C(c2ccc(N3CC(CNC(C)=O)OC3=O)cc2)CC1. The number of amides is 3. The van der Waals surface area contributed by atoms with Gasteiger partial charge in [-0.05, 0) is 29.7 Å². The fourth-order valence-electron chi connectivity index (χ4n) is 3.18. The molecular weight excluding hydrogens is 350 g/mol. The van der Waals surface area contributed by atoms with E-state index in [4.69, 9.17) is 9.47 Å². The highest BCUT2D eigenvalue weighted by Crippen LogP contribution is 2.27. The average Bonchev–Trinajstić information content (AvgIpc) is 3.06. The number of benzene rings is 1. The van der Waals surface area contributed by atoms with Gasteiger partial charge in [0.05, 0.1) is 20.2 Å². The number of ether oxygens (including phenoxy) is 2. The summed E-state index contributed by atoms with van der Waals surface area (Å²) in [7, 11) is 1.38. The van der Waals surface area contributed by atoms with E-state index in [9.17, 15) is 14.4 Å². The molecule has 1 saturated heterocycles. The standard InChI is InChI=1S/C19H23N3O5/c1-13(23)20-11-17-12-22(19(25)27-17)16-5-3-14(4-6-16)15-7-9-21(10-8-15)18(24)26-2/h3-7,17H,8-12H2,1-2H3,(H,20,23). The Morgan fingerprint density at radius 2 is 2.04 bits per heavy atom. The van der Waals surface area contributed by atoms with Crippen LogP contribution >= 0.6 is 0 Å². The van der Waals surface area contributed by atoms with Crippen molar-refractivity contribution in [3.05, 3.63) is 35.9 Å². The Bertz CT molecular complexity index is 759. The molecule has 1 aromatic rings. The summed E-state index contributed by atoms with van der Waals surface area (Å²) in [4.78, 5) is 37.8. The van der Waals surface area contributed by atoms with Gasteiger partial charge in [-0.15, -0.1) is 0 Å². The van der Waals surface area contributed by atoms with Crippen molar-refractivity contribution in [2.24, 2.45) is 0 Å². The van der Waals surface area contributed by atoms with E-state index >= 15 is 0 Å². The van der Waals surface area contributed by atoms with Crippen molar-refractivity contribution in [3.8, 4) is 0 Å². The lowest BCUT2D eigenvalue weighted by Gasteiger charge is -2.25. The van der Waals surface area contributed by atoms with Crippen molar-refractivity contribution in [2.75, 3.05) is 38.2 Å². The number of rotatable bonds is 4. The molecule has 8 heteroatoms. The van der Waals surface area contributed by atoms with Crippen LogP contribution in [0.2, 0.25) is 0 Å². The summed E-state index contributed by atoms with van der Waals surface area (Å²) in [5, 5.41) is 2.66. The predicted molar refractivity (Wildman–Crippen MR) is 99.3 cm³/mol. The van der Waals surface area contributed by atoms with Gasteiger partial charge in [0.2, 0.25) is 5.91 Å². The zero-order valence-corrected chi connectivity index (χ0v) is 15.4. The molecule has 0 aliphatic carbocycles. The minimum Gasteiger partial charge on any atom is -0.453 e. The Kier molecular flexibility index (Phi) is 5.63. The Balaban J connectivity index is 1.62. The van der Waals surface area contributed by atoms with Crippen LogP contribution in [0.5, 0.6) is 0 Å². The molecule has 144 valence electrons. The smallest absolute Gasteiger partial charge is 0.414 e. The normalized spacial score (nSPS) is 19.4. The lowest BCUT2D eigenvalue weighted by atomic mass is 9.99. The van der Waals surface area contributed by atoms with Gasteiger partial charge < -0.3 is 19.7 Å². The molecule has 3 rings (SSSR count). The molecule has 2 aliphatic heterocycles. The quantitative estimate of drug-likeness (QED) is 0.872. The van der Waals surface area contributed by atoms with Gasteiger partial charge in [0, 0.05) is 25.7 Å². The van der Waals surface area contributed by atoms with E-state index in [1.54, 1.807) is 9.80 Å². The second-order valence-corrected chi connectivity index (χ2v) is 6.50. The Morgan fingerprint density at radius 3 is 2.63 bits per heavy atom. The van der Waals surface area contributed by atoms with Crippen molar-refractivity contribution in [2.45, 2.75) is 19.4 Å². The number of anilines is 1. The zero-order chi connectivity index (χ0) is 19.4. The molecule has 1 fully saturated rings. The first kappa shape index (κ1) is 18.8. The first-order chi connectivity index (χ1) is 13.0. The summed E-state index contributed by atoms with van der Waals surface area (Å²) in [6.07, 6.45) is 1.68. The largest absolute Gasteiger partial charge is 0.453 e. The second kappa shape index (κ2) is 8.11. The zero-order valence-electron chi connectivity index (χ0n) is 15.4. The van der Waals surface area contributed by atoms with Gasteiger partial charge in [-0.2, -0.15) is 0 Å². The van der Waals surface area contributed by atoms with Gasteiger partial charge in [-0.3, -0.25) is 9.69 Å². The summed E-state index contributed by atoms with van der Waals surface area (Å²) < 4.78 is 10.0. The fraction of sp³-hybridized carbons (Fsp3) is 0.421. The van der Waals surface area contributed by atoms with Gasteiger partial charge in [-0.25, -0.2) is 9.59 Å². The first-order valence-electron chi connectivity index (χ1n) is 8.83. The maximum atomic E-state index is 12.1. The molecule has 0 saturated carbocycles. The maximum absolute atomic E-state index is 12.1. The van der Waals surface area contributed by atoms with E-state index in [0.717, 1.165) is 23.2 Å².